The van der Waals surface area contributed by atoms with Crippen molar-refractivity contribution in [2.24, 2.45) is 11.8 Å². The van der Waals surface area contributed by atoms with Crippen LogP contribution in [-0.2, 0) is 8.85 Å². The van der Waals surface area contributed by atoms with Crippen molar-refractivity contribution in [3.05, 3.63) is 35.6 Å². The maximum atomic E-state index is 7.97. The van der Waals surface area contributed by atoms with E-state index in [-0.39, 0.29) is 17.4 Å². The molecule has 2 aliphatic carbocycles. The van der Waals surface area contributed by atoms with Crippen LogP contribution >= 0.6 is 0 Å². The number of rotatable bonds is 9. The summed E-state index contributed by atoms with van der Waals surface area (Å²) in [4.78, 5) is 4.15. The zero-order valence-corrected chi connectivity index (χ0v) is 21.6. The Balaban J connectivity index is 2.17. The lowest BCUT2D eigenvalue weighted by Crippen LogP contribution is -2.47. The Morgan fingerprint density at radius 3 is 2.11 bits per heavy atom. The molecular formula is C23H41NO2Si2. The topological polar surface area (TPSA) is 22.8 Å². The summed E-state index contributed by atoms with van der Waals surface area (Å²) in [6.07, 6.45) is 5.12. The molecule has 0 aromatic heterocycles. The monoisotopic (exact) mass is 419 g/mol. The van der Waals surface area contributed by atoms with Crippen LogP contribution in [-0.4, -0.2) is 22.2 Å². The normalized spacial score (nSPS) is 27.8. The number of hydrogen-bond donors (Lipinski definition) is 0. The van der Waals surface area contributed by atoms with Gasteiger partial charge in [-0.1, -0.05) is 48.1 Å². The van der Waals surface area contributed by atoms with Crippen LogP contribution in [0.1, 0.15) is 60.8 Å². The van der Waals surface area contributed by atoms with Gasteiger partial charge in [-0.15, -0.1) is 0 Å². The largest absolute Gasteiger partial charge is 0.548 e. The van der Waals surface area contributed by atoms with Gasteiger partial charge in [0.25, 0.3) is 8.32 Å². The number of nitrogens with zero attached hydrogens (tertiary/aromatic N) is 1. The molecule has 0 heterocycles. The van der Waals surface area contributed by atoms with Crippen molar-refractivity contribution in [3.8, 4) is 0 Å². The van der Waals surface area contributed by atoms with Gasteiger partial charge in [-0.3, -0.25) is 0 Å². The van der Waals surface area contributed by atoms with Crippen LogP contribution in [0.2, 0.25) is 36.3 Å². The van der Waals surface area contributed by atoms with E-state index in [9.17, 15) is 0 Å². The second kappa shape index (κ2) is 8.03. The van der Waals surface area contributed by atoms with Crippen LogP contribution in [0.3, 0.4) is 0 Å². The van der Waals surface area contributed by atoms with Crippen molar-refractivity contribution in [2.75, 3.05) is 0 Å². The van der Waals surface area contributed by atoms with Crippen LogP contribution in [0.25, 0.3) is 4.85 Å². The van der Waals surface area contributed by atoms with E-state index < -0.39 is 16.6 Å². The molecule has 0 bridgehead atoms. The van der Waals surface area contributed by atoms with Gasteiger partial charge in [0.15, 0.2) is 0 Å². The molecule has 1 saturated carbocycles. The lowest BCUT2D eigenvalue weighted by atomic mass is 9.95. The zero-order chi connectivity index (χ0) is 21.5. The van der Waals surface area contributed by atoms with Gasteiger partial charge in [0.2, 0.25) is 13.9 Å². The summed E-state index contributed by atoms with van der Waals surface area (Å²) in [7, 11) is -3.60. The third-order valence-corrected chi connectivity index (χ3v) is 13.7. The molecular weight excluding hydrogens is 378 g/mol. The molecule has 0 amide bonds. The Bertz CT molecular complexity index is 647. The molecule has 0 aliphatic heterocycles. The summed E-state index contributed by atoms with van der Waals surface area (Å²) >= 11 is 0. The van der Waals surface area contributed by atoms with Crippen molar-refractivity contribution < 1.29 is 8.85 Å². The van der Waals surface area contributed by atoms with Gasteiger partial charge in [0.05, 0.1) is 17.4 Å². The summed E-state index contributed by atoms with van der Waals surface area (Å²) in [6, 6.07) is 0. The van der Waals surface area contributed by atoms with E-state index in [1.54, 1.807) is 0 Å². The fourth-order valence-electron chi connectivity index (χ4n) is 5.49. The fourth-order valence-corrected chi connectivity index (χ4v) is 11.8. The lowest BCUT2D eigenvalue weighted by molar-refractivity contribution is 0.336. The molecule has 158 valence electrons. The van der Waals surface area contributed by atoms with E-state index in [1.807, 2.05) is 0 Å². The Kier molecular flexibility index (Phi) is 6.68. The smallest absolute Gasteiger partial charge is 0.258 e. The summed E-state index contributed by atoms with van der Waals surface area (Å²) in [5.41, 5.74) is 1.21. The molecule has 2 rings (SSSR count). The summed E-state index contributed by atoms with van der Waals surface area (Å²) < 4.78 is 13.0. The Morgan fingerprint density at radius 2 is 1.68 bits per heavy atom. The first-order valence-electron chi connectivity index (χ1n) is 11.0. The first-order chi connectivity index (χ1) is 12.8. The predicted molar refractivity (Wildman–Crippen MR) is 124 cm³/mol. The Hall–Kier alpha value is -0.996. The third kappa shape index (κ3) is 4.28. The molecule has 1 fully saturated rings. The van der Waals surface area contributed by atoms with Gasteiger partial charge in [0.1, 0.15) is 5.92 Å². The molecule has 28 heavy (non-hydrogen) atoms. The summed E-state index contributed by atoms with van der Waals surface area (Å²) in [6.45, 7) is 32.8. The Labute approximate surface area is 175 Å². The van der Waals surface area contributed by atoms with Crippen LogP contribution in [0, 0.1) is 18.4 Å². The molecule has 0 radical (unpaired) electrons. The standard InChI is InChI=1S/C23H41NO2Si2/c1-16(2)28(17(3)4,18(5)6)25-19(7)22-15-23(22,24-8)20-12-13-21(14-20)26-27(9,10)11/h14,16-18,20,22H,7,12-13,15H2,1-6,9-11H3. The van der Waals surface area contributed by atoms with E-state index in [0.717, 1.165) is 30.8 Å². The van der Waals surface area contributed by atoms with Gasteiger partial charge in [-0.2, -0.15) is 0 Å². The maximum absolute atomic E-state index is 7.97. The zero-order valence-electron chi connectivity index (χ0n) is 19.6. The highest BCUT2D eigenvalue weighted by Gasteiger charge is 2.69. The van der Waals surface area contributed by atoms with Crippen LogP contribution in [0.15, 0.2) is 24.2 Å². The highest BCUT2D eigenvalue weighted by Crippen LogP contribution is 2.60. The van der Waals surface area contributed by atoms with Crippen molar-refractivity contribution >= 4 is 16.6 Å². The molecule has 0 spiro atoms. The van der Waals surface area contributed by atoms with Gasteiger partial charge < -0.3 is 13.7 Å². The molecule has 0 saturated heterocycles. The van der Waals surface area contributed by atoms with Gasteiger partial charge in [0, 0.05) is 12.8 Å². The maximum Gasteiger partial charge on any atom is 0.258 e. The summed E-state index contributed by atoms with van der Waals surface area (Å²) in [5.74, 6) is 2.43. The Morgan fingerprint density at radius 1 is 1.14 bits per heavy atom. The first kappa shape index (κ1) is 23.3. The first-order valence-corrected chi connectivity index (χ1v) is 16.5. The predicted octanol–water partition coefficient (Wildman–Crippen LogP) is 7.52. The van der Waals surface area contributed by atoms with Crippen LogP contribution in [0.4, 0.5) is 0 Å². The molecule has 0 aromatic carbocycles. The molecule has 3 unspecified atom stereocenters. The van der Waals surface area contributed by atoms with Crippen LogP contribution < -0.4 is 0 Å². The van der Waals surface area contributed by atoms with E-state index in [1.165, 1.54) is 0 Å². The van der Waals surface area contributed by atoms with E-state index in [4.69, 9.17) is 15.4 Å². The minimum absolute atomic E-state index is 0.167. The fraction of sp³-hybridized carbons (Fsp3) is 0.783. The average Bonchev–Trinajstić information content (AvgIpc) is 3.14. The minimum atomic E-state index is -2.01. The van der Waals surface area contributed by atoms with Crippen LogP contribution in [0.5, 0.6) is 0 Å². The van der Waals surface area contributed by atoms with Crippen molar-refractivity contribution in [2.45, 2.75) is 103 Å². The average molecular weight is 420 g/mol. The highest BCUT2D eigenvalue weighted by atomic mass is 28.4. The number of hydrogen-bond acceptors (Lipinski definition) is 2. The third-order valence-electron chi connectivity index (χ3n) is 6.75. The highest BCUT2D eigenvalue weighted by molar-refractivity contribution is 6.77. The molecule has 3 nitrogen and oxygen atoms in total. The lowest BCUT2D eigenvalue weighted by Gasteiger charge is -2.42. The molecule has 2 aliphatic rings. The van der Waals surface area contributed by atoms with Gasteiger partial charge >= 0.3 is 0 Å². The second-order valence-electron chi connectivity index (χ2n) is 10.7. The van der Waals surface area contributed by atoms with E-state index >= 15 is 0 Å². The molecule has 5 heteroatoms. The van der Waals surface area contributed by atoms with E-state index in [2.05, 4.69) is 78.7 Å². The van der Waals surface area contributed by atoms with Gasteiger partial charge in [-0.05, 0) is 48.8 Å². The minimum Gasteiger partial charge on any atom is -0.548 e. The second-order valence-corrected chi connectivity index (χ2v) is 20.5. The van der Waals surface area contributed by atoms with Gasteiger partial charge in [-0.25, -0.2) is 6.57 Å². The van der Waals surface area contributed by atoms with Crippen molar-refractivity contribution in [3.63, 3.8) is 0 Å². The van der Waals surface area contributed by atoms with E-state index in [0.29, 0.717) is 16.6 Å². The van der Waals surface area contributed by atoms with Crippen molar-refractivity contribution in [1.29, 1.82) is 0 Å². The molecule has 0 aromatic rings. The SMILES string of the molecule is [C-]#[N+]C1(C2C=C(O[Si](C)(C)C)CC2)CC1C(=C)O[Si](C(C)C)(C(C)C)C(C)C. The summed E-state index contributed by atoms with van der Waals surface area (Å²) in [5, 5.41) is 0. The molecule has 0 N–H and O–H groups in total. The van der Waals surface area contributed by atoms with Crippen molar-refractivity contribution in [1.82, 2.24) is 0 Å². The molecule has 3 atom stereocenters. The number of allylic oxidation sites excluding steroid dienone is 1. The quantitative estimate of drug-likeness (QED) is 0.219.